The summed E-state index contributed by atoms with van der Waals surface area (Å²) in [6.07, 6.45) is 4.31. The highest BCUT2D eigenvalue weighted by atomic mass is 16.5. The Morgan fingerprint density at radius 2 is 2.06 bits per heavy atom. The van der Waals surface area contributed by atoms with Crippen molar-refractivity contribution in [3.05, 3.63) is 35.4 Å². The second-order valence-corrected chi connectivity index (χ2v) is 5.14. The number of hydrogen-bond donors (Lipinski definition) is 0. The van der Waals surface area contributed by atoms with Crippen LogP contribution in [0.3, 0.4) is 0 Å². The summed E-state index contributed by atoms with van der Waals surface area (Å²) in [7, 11) is 0. The Kier molecular flexibility index (Phi) is 2.98. The van der Waals surface area contributed by atoms with E-state index in [9.17, 15) is 4.79 Å². The van der Waals surface area contributed by atoms with Crippen LogP contribution in [0.2, 0.25) is 0 Å². The molecule has 0 aromatic heterocycles. The van der Waals surface area contributed by atoms with Crippen LogP contribution in [0.15, 0.2) is 24.3 Å². The van der Waals surface area contributed by atoms with Gasteiger partial charge < -0.3 is 4.74 Å². The molecule has 2 unspecified atom stereocenters. The molecule has 0 saturated carbocycles. The van der Waals surface area contributed by atoms with E-state index < -0.39 is 0 Å². The Balaban J connectivity index is 1.83. The van der Waals surface area contributed by atoms with E-state index in [1.807, 2.05) is 18.2 Å². The van der Waals surface area contributed by atoms with Gasteiger partial charge in [-0.1, -0.05) is 24.3 Å². The molecule has 2 nitrogen and oxygen atoms in total. The minimum Gasteiger partial charge on any atom is -0.381 e. The lowest BCUT2D eigenvalue weighted by Gasteiger charge is -2.32. The van der Waals surface area contributed by atoms with E-state index in [0.717, 1.165) is 44.5 Å². The molecule has 0 radical (unpaired) electrons. The molecule has 1 heterocycles. The molecule has 90 valence electrons. The van der Waals surface area contributed by atoms with Crippen molar-refractivity contribution in [2.24, 2.45) is 11.8 Å². The maximum absolute atomic E-state index is 12.5. The van der Waals surface area contributed by atoms with Crippen molar-refractivity contribution < 1.29 is 9.53 Å². The maximum Gasteiger partial charge on any atom is 0.166 e. The maximum atomic E-state index is 12.5. The standard InChI is InChI=1S/C15H18O2/c16-15-13-6-2-1-4-11(13)7-8-14(15)12-5-3-9-17-10-12/h1-2,4,6,12,14H,3,5,7-10H2. The average molecular weight is 230 g/mol. The van der Waals surface area contributed by atoms with Gasteiger partial charge >= 0.3 is 0 Å². The first kappa shape index (κ1) is 11.0. The van der Waals surface area contributed by atoms with Crippen LogP contribution < -0.4 is 0 Å². The number of aryl methyl sites for hydroxylation is 1. The molecule has 0 amide bonds. The van der Waals surface area contributed by atoms with E-state index in [0.29, 0.717) is 11.7 Å². The van der Waals surface area contributed by atoms with Gasteiger partial charge in [-0.15, -0.1) is 0 Å². The average Bonchev–Trinajstić information content (AvgIpc) is 2.40. The lowest BCUT2D eigenvalue weighted by atomic mass is 9.74. The molecular weight excluding hydrogens is 212 g/mol. The molecule has 17 heavy (non-hydrogen) atoms. The minimum atomic E-state index is 0.199. The normalized spacial score (nSPS) is 28.8. The highest BCUT2D eigenvalue weighted by molar-refractivity contribution is 6.00. The van der Waals surface area contributed by atoms with Gasteiger partial charge in [0.2, 0.25) is 0 Å². The monoisotopic (exact) mass is 230 g/mol. The number of Topliss-reactive ketones (excluding diaryl/α,β-unsaturated/α-hetero) is 1. The summed E-state index contributed by atoms with van der Waals surface area (Å²) in [5.41, 5.74) is 2.18. The summed E-state index contributed by atoms with van der Waals surface area (Å²) in [5.74, 6) is 0.997. The van der Waals surface area contributed by atoms with E-state index in [2.05, 4.69) is 6.07 Å². The minimum absolute atomic E-state index is 0.199. The third kappa shape index (κ3) is 2.02. The van der Waals surface area contributed by atoms with Crippen LogP contribution in [0, 0.1) is 11.8 Å². The number of ketones is 1. The molecule has 2 aliphatic rings. The lowest BCUT2D eigenvalue weighted by Crippen LogP contribution is -2.33. The Hall–Kier alpha value is -1.15. The number of carbonyl (C=O) groups excluding carboxylic acids is 1. The second kappa shape index (κ2) is 4.61. The summed E-state index contributed by atoms with van der Waals surface area (Å²) < 4.78 is 5.52. The van der Waals surface area contributed by atoms with Crippen molar-refractivity contribution >= 4 is 5.78 Å². The second-order valence-electron chi connectivity index (χ2n) is 5.14. The van der Waals surface area contributed by atoms with Crippen molar-refractivity contribution in [2.45, 2.75) is 25.7 Å². The van der Waals surface area contributed by atoms with Crippen LogP contribution in [0.1, 0.15) is 35.2 Å². The zero-order valence-electron chi connectivity index (χ0n) is 10.0. The van der Waals surface area contributed by atoms with Gasteiger partial charge in [0.15, 0.2) is 5.78 Å². The molecule has 2 atom stereocenters. The van der Waals surface area contributed by atoms with E-state index in [4.69, 9.17) is 4.74 Å². The molecule has 1 aromatic carbocycles. The van der Waals surface area contributed by atoms with Gasteiger partial charge in [0, 0.05) is 18.1 Å². The molecule has 0 N–H and O–H groups in total. The van der Waals surface area contributed by atoms with Crippen LogP contribution in [-0.4, -0.2) is 19.0 Å². The van der Waals surface area contributed by atoms with Crippen molar-refractivity contribution in [3.8, 4) is 0 Å². The Morgan fingerprint density at radius 1 is 1.18 bits per heavy atom. The van der Waals surface area contributed by atoms with Crippen LogP contribution in [-0.2, 0) is 11.2 Å². The number of hydrogen-bond acceptors (Lipinski definition) is 2. The van der Waals surface area contributed by atoms with Gasteiger partial charge in [-0.25, -0.2) is 0 Å². The summed E-state index contributed by atoms with van der Waals surface area (Å²) in [6, 6.07) is 8.06. The molecule has 1 aliphatic heterocycles. The molecule has 1 aliphatic carbocycles. The van der Waals surface area contributed by atoms with E-state index in [1.165, 1.54) is 5.56 Å². The molecule has 0 spiro atoms. The third-order valence-electron chi connectivity index (χ3n) is 4.11. The summed E-state index contributed by atoms with van der Waals surface area (Å²) in [4.78, 5) is 12.5. The SMILES string of the molecule is O=C1c2ccccc2CCC1C1CCCOC1. The molecule has 3 rings (SSSR count). The number of benzene rings is 1. The fraction of sp³-hybridized carbons (Fsp3) is 0.533. The van der Waals surface area contributed by atoms with Crippen molar-refractivity contribution in [1.82, 2.24) is 0 Å². The number of ether oxygens (including phenoxy) is 1. The van der Waals surface area contributed by atoms with Crippen LogP contribution in [0.5, 0.6) is 0 Å². The summed E-state index contributed by atoms with van der Waals surface area (Å²) in [6.45, 7) is 1.65. The fourth-order valence-corrected chi connectivity index (χ4v) is 3.15. The van der Waals surface area contributed by atoms with Crippen molar-refractivity contribution in [1.29, 1.82) is 0 Å². The molecule has 2 heteroatoms. The Morgan fingerprint density at radius 3 is 2.88 bits per heavy atom. The van der Waals surface area contributed by atoms with Crippen molar-refractivity contribution in [2.75, 3.05) is 13.2 Å². The van der Waals surface area contributed by atoms with Gasteiger partial charge in [0.25, 0.3) is 0 Å². The van der Waals surface area contributed by atoms with Crippen LogP contribution in [0.25, 0.3) is 0 Å². The van der Waals surface area contributed by atoms with Gasteiger partial charge in [-0.05, 0) is 37.2 Å². The highest BCUT2D eigenvalue weighted by Gasteiger charge is 2.34. The van der Waals surface area contributed by atoms with Crippen molar-refractivity contribution in [3.63, 3.8) is 0 Å². The number of rotatable bonds is 1. The largest absolute Gasteiger partial charge is 0.381 e. The molecule has 0 bridgehead atoms. The predicted molar refractivity (Wildman–Crippen MR) is 66.1 cm³/mol. The first-order valence-electron chi connectivity index (χ1n) is 6.56. The van der Waals surface area contributed by atoms with Crippen LogP contribution in [0.4, 0.5) is 0 Å². The Bertz CT molecular complexity index is 419. The van der Waals surface area contributed by atoms with Gasteiger partial charge in [-0.2, -0.15) is 0 Å². The number of carbonyl (C=O) groups is 1. The van der Waals surface area contributed by atoms with Gasteiger partial charge in [0.1, 0.15) is 0 Å². The Labute approximate surface area is 102 Å². The van der Waals surface area contributed by atoms with E-state index in [-0.39, 0.29) is 5.92 Å². The first-order chi connectivity index (χ1) is 8.36. The predicted octanol–water partition coefficient (Wildman–Crippen LogP) is 2.86. The summed E-state index contributed by atoms with van der Waals surface area (Å²) >= 11 is 0. The van der Waals surface area contributed by atoms with Crippen LogP contribution >= 0.6 is 0 Å². The molecule has 1 saturated heterocycles. The smallest absolute Gasteiger partial charge is 0.166 e. The van der Waals surface area contributed by atoms with Gasteiger partial charge in [-0.3, -0.25) is 4.79 Å². The summed E-state index contributed by atoms with van der Waals surface area (Å²) in [5, 5.41) is 0. The van der Waals surface area contributed by atoms with Gasteiger partial charge in [0.05, 0.1) is 6.61 Å². The zero-order chi connectivity index (χ0) is 11.7. The van der Waals surface area contributed by atoms with E-state index >= 15 is 0 Å². The fourth-order valence-electron chi connectivity index (χ4n) is 3.15. The molecule has 1 aromatic rings. The lowest BCUT2D eigenvalue weighted by molar-refractivity contribution is 0.0268. The topological polar surface area (TPSA) is 26.3 Å². The van der Waals surface area contributed by atoms with E-state index in [1.54, 1.807) is 0 Å². The number of fused-ring (bicyclic) bond motifs is 1. The molecular formula is C15H18O2. The third-order valence-corrected chi connectivity index (χ3v) is 4.11. The first-order valence-corrected chi connectivity index (χ1v) is 6.56. The zero-order valence-corrected chi connectivity index (χ0v) is 10.0. The highest BCUT2D eigenvalue weighted by Crippen LogP contribution is 2.33. The quantitative estimate of drug-likeness (QED) is 0.741. The molecule has 1 fully saturated rings.